The first-order valence-electron chi connectivity index (χ1n) is 5.20. The first-order valence-corrected chi connectivity index (χ1v) is 6.00. The quantitative estimate of drug-likeness (QED) is 0.260. The van der Waals surface area contributed by atoms with Gasteiger partial charge in [-0.3, -0.25) is 5.43 Å². The van der Waals surface area contributed by atoms with Crippen molar-refractivity contribution in [2.45, 2.75) is 6.92 Å². The van der Waals surface area contributed by atoms with Crippen molar-refractivity contribution < 1.29 is 4.74 Å². The summed E-state index contributed by atoms with van der Waals surface area (Å²) < 4.78 is 5.96. The summed E-state index contributed by atoms with van der Waals surface area (Å²) in [6.07, 6.45) is 0. The minimum absolute atomic E-state index is 0.521. The van der Waals surface area contributed by atoms with Gasteiger partial charge in [0.05, 0.1) is 13.2 Å². The second kappa shape index (κ2) is 7.26. The number of hydrogen-bond acceptors (Lipinski definition) is 3. The van der Waals surface area contributed by atoms with Gasteiger partial charge < -0.3 is 10.1 Å². The fourth-order valence-corrected chi connectivity index (χ4v) is 1.74. The lowest BCUT2D eigenvalue weighted by molar-refractivity contribution is 0.208. The molecule has 4 N–H and O–H groups in total. The Kier molecular flexibility index (Phi) is 5.96. The first kappa shape index (κ1) is 14.0. The van der Waals surface area contributed by atoms with Gasteiger partial charge in [-0.05, 0) is 30.7 Å². The van der Waals surface area contributed by atoms with Crippen molar-refractivity contribution in [2.75, 3.05) is 25.6 Å². The second-order valence-corrected chi connectivity index (χ2v) is 4.37. The summed E-state index contributed by atoms with van der Waals surface area (Å²) in [5.74, 6) is 5.91. The maximum atomic E-state index is 5.39. The third-order valence-corrected chi connectivity index (χ3v) is 2.64. The number of hydrogen-bond donors (Lipinski definition) is 3. The fourth-order valence-electron chi connectivity index (χ4n) is 1.26. The molecular weight excluding hydrogens is 284 g/mol. The molecule has 0 radical (unpaired) electrons. The predicted octanol–water partition coefficient (Wildman–Crippen LogP) is 1.64. The van der Waals surface area contributed by atoms with Gasteiger partial charge in [-0.1, -0.05) is 15.9 Å². The highest BCUT2D eigenvalue weighted by Gasteiger charge is 2.01. The van der Waals surface area contributed by atoms with E-state index in [2.05, 4.69) is 31.7 Å². The molecule has 0 saturated heterocycles. The Labute approximate surface area is 110 Å². The normalized spacial score (nSPS) is 11.4. The molecule has 1 aromatic carbocycles. The number of nitrogens with two attached hydrogens (primary N) is 1. The van der Waals surface area contributed by atoms with Crippen LogP contribution in [0.3, 0.4) is 0 Å². The molecule has 0 aromatic heterocycles. The van der Waals surface area contributed by atoms with Crippen LogP contribution >= 0.6 is 15.9 Å². The zero-order chi connectivity index (χ0) is 12.7. The molecule has 5 nitrogen and oxygen atoms in total. The van der Waals surface area contributed by atoms with E-state index in [4.69, 9.17) is 10.6 Å². The third kappa shape index (κ3) is 4.72. The third-order valence-electron chi connectivity index (χ3n) is 2.14. The number of benzene rings is 1. The van der Waals surface area contributed by atoms with E-state index >= 15 is 0 Å². The van der Waals surface area contributed by atoms with E-state index in [0.717, 1.165) is 15.7 Å². The van der Waals surface area contributed by atoms with Gasteiger partial charge >= 0.3 is 0 Å². The van der Waals surface area contributed by atoms with Crippen molar-refractivity contribution in [3.05, 3.63) is 28.2 Å². The van der Waals surface area contributed by atoms with Crippen LogP contribution in [0.1, 0.15) is 5.56 Å². The van der Waals surface area contributed by atoms with Crippen LogP contribution in [0.15, 0.2) is 27.7 Å². The first-order chi connectivity index (χ1) is 8.17. The zero-order valence-electron chi connectivity index (χ0n) is 9.96. The summed E-state index contributed by atoms with van der Waals surface area (Å²) in [4.78, 5) is 4.22. The molecule has 0 aliphatic heterocycles. The van der Waals surface area contributed by atoms with Crippen molar-refractivity contribution in [2.24, 2.45) is 10.8 Å². The Balaban J connectivity index is 2.70. The molecule has 0 aliphatic carbocycles. The van der Waals surface area contributed by atoms with E-state index in [0.29, 0.717) is 19.1 Å². The van der Waals surface area contributed by atoms with E-state index < -0.39 is 0 Å². The molecule has 0 spiro atoms. The Hall–Kier alpha value is -1.11. The molecule has 0 atom stereocenters. The highest BCUT2D eigenvalue weighted by atomic mass is 79.9. The van der Waals surface area contributed by atoms with E-state index in [1.807, 2.05) is 25.1 Å². The number of ether oxygens (including phenoxy) is 1. The van der Waals surface area contributed by atoms with Crippen LogP contribution in [0.2, 0.25) is 0 Å². The van der Waals surface area contributed by atoms with Gasteiger partial charge in [0.15, 0.2) is 0 Å². The summed E-state index contributed by atoms with van der Waals surface area (Å²) in [6, 6.07) is 5.94. The van der Waals surface area contributed by atoms with Gasteiger partial charge in [-0.15, -0.1) is 0 Å². The predicted molar refractivity (Wildman–Crippen MR) is 74.0 cm³/mol. The van der Waals surface area contributed by atoms with Gasteiger partial charge in [0, 0.05) is 17.3 Å². The number of anilines is 1. The molecule has 6 heteroatoms. The van der Waals surface area contributed by atoms with Crippen molar-refractivity contribution in [1.29, 1.82) is 0 Å². The Morgan fingerprint density at radius 2 is 2.29 bits per heavy atom. The van der Waals surface area contributed by atoms with Gasteiger partial charge in [-0.2, -0.15) is 0 Å². The number of aryl methyl sites for hydroxylation is 1. The largest absolute Gasteiger partial charge is 0.383 e. The molecule has 0 aliphatic rings. The monoisotopic (exact) mass is 300 g/mol. The Morgan fingerprint density at radius 3 is 2.88 bits per heavy atom. The number of halogens is 1. The van der Waals surface area contributed by atoms with E-state index in [-0.39, 0.29) is 0 Å². The topological polar surface area (TPSA) is 71.7 Å². The van der Waals surface area contributed by atoms with Gasteiger partial charge in [0.25, 0.3) is 0 Å². The number of guanidine groups is 1. The van der Waals surface area contributed by atoms with Crippen LogP contribution in [-0.4, -0.2) is 26.2 Å². The lowest BCUT2D eigenvalue weighted by Crippen LogP contribution is -2.36. The lowest BCUT2D eigenvalue weighted by Gasteiger charge is -2.11. The lowest BCUT2D eigenvalue weighted by atomic mass is 10.2. The number of aliphatic imine (C=N–C) groups is 1. The molecule has 94 valence electrons. The second-order valence-electron chi connectivity index (χ2n) is 3.45. The summed E-state index contributed by atoms with van der Waals surface area (Å²) >= 11 is 3.42. The Morgan fingerprint density at radius 1 is 1.53 bits per heavy atom. The average molecular weight is 301 g/mol. The maximum Gasteiger partial charge on any atom is 0.210 e. The van der Waals surface area contributed by atoms with Crippen LogP contribution in [0, 0.1) is 6.92 Å². The van der Waals surface area contributed by atoms with Crippen LogP contribution in [0.25, 0.3) is 0 Å². The molecule has 1 rings (SSSR count). The van der Waals surface area contributed by atoms with Crippen LogP contribution in [-0.2, 0) is 4.74 Å². The SMILES string of the molecule is COCCN=C(NN)Nc1ccc(Br)cc1C. The molecule has 0 saturated carbocycles. The molecule has 0 heterocycles. The van der Waals surface area contributed by atoms with Gasteiger partial charge in [0.1, 0.15) is 0 Å². The van der Waals surface area contributed by atoms with Crippen LogP contribution in [0.5, 0.6) is 0 Å². The zero-order valence-corrected chi connectivity index (χ0v) is 11.5. The number of rotatable bonds is 4. The van der Waals surface area contributed by atoms with Gasteiger partial charge in [0.2, 0.25) is 5.96 Å². The summed E-state index contributed by atoms with van der Waals surface area (Å²) in [6.45, 7) is 3.13. The number of methoxy groups -OCH3 is 1. The fraction of sp³-hybridized carbons (Fsp3) is 0.364. The summed E-state index contributed by atoms with van der Waals surface area (Å²) in [7, 11) is 1.64. The molecular formula is C11H17BrN4O. The van der Waals surface area contributed by atoms with Crippen molar-refractivity contribution in [3.8, 4) is 0 Å². The summed E-state index contributed by atoms with van der Waals surface area (Å²) in [5.41, 5.74) is 4.59. The number of nitrogens with zero attached hydrogens (tertiary/aromatic N) is 1. The Bertz CT molecular complexity index is 395. The van der Waals surface area contributed by atoms with E-state index in [9.17, 15) is 0 Å². The molecule has 0 bridgehead atoms. The highest BCUT2D eigenvalue weighted by molar-refractivity contribution is 9.10. The van der Waals surface area contributed by atoms with Crippen LogP contribution in [0.4, 0.5) is 5.69 Å². The minimum Gasteiger partial charge on any atom is -0.383 e. The summed E-state index contributed by atoms with van der Waals surface area (Å²) in [5, 5.41) is 3.12. The molecule has 0 amide bonds. The van der Waals surface area contributed by atoms with Gasteiger partial charge in [-0.25, -0.2) is 10.8 Å². The number of hydrazine groups is 1. The maximum absolute atomic E-state index is 5.39. The highest BCUT2D eigenvalue weighted by Crippen LogP contribution is 2.19. The van der Waals surface area contributed by atoms with Crippen molar-refractivity contribution >= 4 is 27.6 Å². The smallest absolute Gasteiger partial charge is 0.210 e. The van der Waals surface area contributed by atoms with E-state index in [1.54, 1.807) is 7.11 Å². The molecule has 1 aromatic rings. The average Bonchev–Trinajstić information content (AvgIpc) is 2.31. The minimum atomic E-state index is 0.521. The molecule has 0 fully saturated rings. The molecule has 17 heavy (non-hydrogen) atoms. The molecule has 0 unspecified atom stereocenters. The standard InChI is InChI=1S/C11H17BrN4O/c1-8-7-9(12)3-4-10(8)15-11(16-13)14-5-6-17-2/h3-4,7H,5-6,13H2,1-2H3,(H2,14,15,16). The number of nitrogens with one attached hydrogen (secondary N) is 2. The van der Waals surface area contributed by atoms with Crippen molar-refractivity contribution in [1.82, 2.24) is 5.43 Å². The van der Waals surface area contributed by atoms with E-state index in [1.165, 1.54) is 0 Å². The van der Waals surface area contributed by atoms with Crippen LogP contribution < -0.4 is 16.6 Å². The van der Waals surface area contributed by atoms with Crippen molar-refractivity contribution in [3.63, 3.8) is 0 Å².